The summed E-state index contributed by atoms with van der Waals surface area (Å²) in [6, 6.07) is 157. The molecule has 0 saturated carbocycles. The molecular formula is C115H76N2. The summed E-state index contributed by atoms with van der Waals surface area (Å²) in [5.41, 5.74) is 30.1. The molecule has 1 aliphatic carbocycles. The molecular weight excluding hydrogens is 1410 g/mol. The molecule has 23 aromatic rings. The van der Waals surface area contributed by atoms with E-state index < -0.39 is 0 Å². The molecule has 0 saturated heterocycles. The highest BCUT2D eigenvalue weighted by Gasteiger charge is 2.36. The van der Waals surface area contributed by atoms with Gasteiger partial charge in [-0.25, -0.2) is 0 Å². The maximum atomic E-state index is 2.47. The molecule has 0 amide bonds. The summed E-state index contributed by atoms with van der Waals surface area (Å²) in [5, 5.41) is 22.8. The van der Waals surface area contributed by atoms with E-state index in [2.05, 4.69) is 448 Å². The molecule has 0 aliphatic heterocycles. The van der Waals surface area contributed by atoms with Gasteiger partial charge in [-0.15, -0.1) is 0 Å². The summed E-state index contributed by atoms with van der Waals surface area (Å²) in [4.78, 5) is 0. The lowest BCUT2D eigenvalue weighted by Crippen LogP contribution is -2.14. The Morgan fingerprint density at radius 1 is 0.162 bits per heavy atom. The number of nitrogens with zero attached hydrogens (tertiary/aromatic N) is 2. The van der Waals surface area contributed by atoms with E-state index in [0.717, 1.165) is 11.4 Å². The van der Waals surface area contributed by atoms with Crippen molar-refractivity contribution in [3.63, 3.8) is 0 Å². The maximum absolute atomic E-state index is 2.47. The monoisotopic (exact) mass is 1480 g/mol. The lowest BCUT2D eigenvalue weighted by atomic mass is 9.80. The Bertz CT molecular complexity index is 7880. The quantitative estimate of drug-likeness (QED) is 0.128. The molecule has 0 fully saturated rings. The first-order valence-electron chi connectivity index (χ1n) is 40.8. The third-order valence-electron chi connectivity index (χ3n) is 25.4. The molecule has 546 valence electrons. The SMILES string of the molecule is CC1(C)c2ccccc2-c2ccc(-c3c4ccccc4c(-c4ccc(-n5c6ccccc6c6cc(-c7cccc8ccccc78)ccc65)cc4)c4ccccc34)cc21.c1ccc2c(-c3ccc(-c4c5ccccc5c(-c5ccc(-n6c7ccccc7c7cc(-c8cccc9ccccc89)ccc76)cc5)c5ccccc45)cc3)cccc2c1. The Labute approximate surface area is 678 Å². The average molecular weight is 1490 g/mol. The van der Waals surface area contributed by atoms with Crippen molar-refractivity contribution in [2.24, 2.45) is 0 Å². The normalized spacial score (nSPS) is 12.4. The predicted octanol–water partition coefficient (Wildman–Crippen LogP) is 31.6. The Morgan fingerprint density at radius 3 is 0.829 bits per heavy atom. The van der Waals surface area contributed by atoms with Crippen LogP contribution in [0, 0.1) is 0 Å². The summed E-state index contributed by atoms with van der Waals surface area (Å²) in [6.45, 7) is 4.74. The van der Waals surface area contributed by atoms with Crippen LogP contribution in [0.3, 0.4) is 0 Å². The van der Waals surface area contributed by atoms with E-state index in [1.807, 2.05) is 0 Å². The first-order valence-corrected chi connectivity index (χ1v) is 40.8. The van der Waals surface area contributed by atoms with Crippen LogP contribution in [0.5, 0.6) is 0 Å². The lowest BCUT2D eigenvalue weighted by molar-refractivity contribution is 0.660. The lowest BCUT2D eigenvalue weighted by Gasteiger charge is -2.23. The van der Waals surface area contributed by atoms with Gasteiger partial charge in [-0.3, -0.25) is 0 Å². The second-order valence-corrected chi connectivity index (χ2v) is 32.0. The topological polar surface area (TPSA) is 9.86 Å². The van der Waals surface area contributed by atoms with E-state index in [1.54, 1.807) is 0 Å². The maximum Gasteiger partial charge on any atom is 0.0541 e. The van der Waals surface area contributed by atoms with Gasteiger partial charge >= 0.3 is 0 Å². The molecule has 0 spiro atoms. The number of fused-ring (bicyclic) bond motifs is 16. The number of hydrogen-bond donors (Lipinski definition) is 0. The molecule has 2 nitrogen and oxygen atoms in total. The highest BCUT2D eigenvalue weighted by atomic mass is 15.0. The molecule has 0 atom stereocenters. The van der Waals surface area contributed by atoms with Gasteiger partial charge in [0.15, 0.2) is 0 Å². The van der Waals surface area contributed by atoms with Crippen LogP contribution in [0.2, 0.25) is 0 Å². The van der Waals surface area contributed by atoms with E-state index in [-0.39, 0.29) is 5.41 Å². The standard InChI is InChI=1S/C58H37N.C57H39N/c1-3-17-45-38(13-1)15-11-24-47(45)40-27-29-41(30-28-40)57-50-20-5-7-22-52(50)58(53-23-8-6-21-51(53)57)42-31-34-44(35-32-42)59-55-26-10-9-19-49(55)54-37-43(33-36-56(54)59)48-25-12-16-39-14-2-4-18-46(39)48;1-57(2)51-24-11-9-17-43(51)44-32-28-39(35-52(44)57)56-48-21-7-5-19-46(48)55(47-20-6-8-22-49(47)56)37-26-30-40(31-27-37)58-53-25-12-10-18-45(53)50-34-38(29-33-54(50)58)42-23-13-15-36-14-3-4-16-41(36)42/h1-37H;3-35H,1-2H3. The van der Waals surface area contributed by atoms with Crippen molar-refractivity contribution in [3.8, 4) is 100 Å². The smallest absolute Gasteiger partial charge is 0.0541 e. The minimum atomic E-state index is -0.0648. The Morgan fingerprint density at radius 2 is 0.427 bits per heavy atom. The van der Waals surface area contributed by atoms with Crippen LogP contribution < -0.4 is 0 Å². The van der Waals surface area contributed by atoms with Crippen LogP contribution in [0.25, 0.3) is 219 Å². The molecule has 0 unspecified atom stereocenters. The van der Waals surface area contributed by atoms with Crippen LogP contribution in [0.4, 0.5) is 0 Å². The highest BCUT2D eigenvalue weighted by Crippen LogP contribution is 2.53. The van der Waals surface area contributed by atoms with E-state index in [4.69, 9.17) is 0 Å². The van der Waals surface area contributed by atoms with Gasteiger partial charge in [0, 0.05) is 38.3 Å². The van der Waals surface area contributed by atoms with E-state index in [1.165, 1.54) is 219 Å². The summed E-state index contributed by atoms with van der Waals surface area (Å²) in [7, 11) is 0. The second-order valence-electron chi connectivity index (χ2n) is 32.0. The minimum absolute atomic E-state index is 0.0648. The molecule has 2 heteroatoms. The minimum Gasteiger partial charge on any atom is -0.309 e. The fraction of sp³-hybridized carbons (Fsp3) is 0.0261. The molecule has 21 aromatic carbocycles. The first-order chi connectivity index (χ1) is 57.8. The van der Waals surface area contributed by atoms with Crippen molar-refractivity contribution >= 4 is 119 Å². The van der Waals surface area contributed by atoms with E-state index in [9.17, 15) is 0 Å². The Kier molecular flexibility index (Phi) is 15.7. The number of aromatic nitrogens is 2. The van der Waals surface area contributed by atoms with Crippen molar-refractivity contribution in [2.75, 3.05) is 0 Å². The van der Waals surface area contributed by atoms with E-state index >= 15 is 0 Å². The summed E-state index contributed by atoms with van der Waals surface area (Å²) in [5.74, 6) is 0. The van der Waals surface area contributed by atoms with Gasteiger partial charge in [0.2, 0.25) is 0 Å². The van der Waals surface area contributed by atoms with Gasteiger partial charge in [-0.05, 0) is 242 Å². The van der Waals surface area contributed by atoms with Gasteiger partial charge in [-0.1, -0.05) is 372 Å². The molecule has 2 heterocycles. The number of para-hydroxylation sites is 2. The summed E-state index contributed by atoms with van der Waals surface area (Å²) >= 11 is 0. The molecule has 1 aliphatic rings. The zero-order valence-electron chi connectivity index (χ0n) is 64.8. The van der Waals surface area contributed by atoms with Crippen molar-refractivity contribution < 1.29 is 0 Å². The third-order valence-corrected chi connectivity index (χ3v) is 25.4. The van der Waals surface area contributed by atoms with Crippen LogP contribution >= 0.6 is 0 Å². The van der Waals surface area contributed by atoms with Crippen molar-refractivity contribution in [2.45, 2.75) is 19.3 Å². The van der Waals surface area contributed by atoms with Gasteiger partial charge < -0.3 is 9.13 Å². The van der Waals surface area contributed by atoms with Gasteiger partial charge in [-0.2, -0.15) is 0 Å². The predicted molar refractivity (Wildman–Crippen MR) is 500 cm³/mol. The Balaban J connectivity index is 0.000000138. The molecule has 117 heavy (non-hydrogen) atoms. The van der Waals surface area contributed by atoms with Crippen LogP contribution in [-0.2, 0) is 5.41 Å². The number of hydrogen-bond acceptors (Lipinski definition) is 0. The van der Waals surface area contributed by atoms with Crippen LogP contribution in [0.1, 0.15) is 25.0 Å². The zero-order chi connectivity index (χ0) is 77.4. The molecule has 2 aromatic heterocycles. The van der Waals surface area contributed by atoms with Crippen molar-refractivity contribution in [1.29, 1.82) is 0 Å². The molecule has 0 bridgehead atoms. The molecule has 24 rings (SSSR count). The van der Waals surface area contributed by atoms with Crippen molar-refractivity contribution in [1.82, 2.24) is 9.13 Å². The second kappa shape index (κ2) is 27.1. The average Bonchev–Trinajstić information content (AvgIpc) is 1.33. The highest BCUT2D eigenvalue weighted by molar-refractivity contribution is 6.24. The number of benzene rings is 21. The van der Waals surface area contributed by atoms with E-state index in [0.29, 0.717) is 0 Å². The zero-order valence-corrected chi connectivity index (χ0v) is 64.8. The molecule has 0 N–H and O–H groups in total. The fourth-order valence-corrected chi connectivity index (χ4v) is 20.0. The third kappa shape index (κ3) is 10.9. The number of rotatable bonds is 9. The van der Waals surface area contributed by atoms with Gasteiger partial charge in [0.25, 0.3) is 0 Å². The van der Waals surface area contributed by atoms with Gasteiger partial charge in [0.05, 0.1) is 22.1 Å². The fourth-order valence-electron chi connectivity index (χ4n) is 20.0. The van der Waals surface area contributed by atoms with Crippen LogP contribution in [-0.4, -0.2) is 9.13 Å². The Hall–Kier alpha value is -15.0. The van der Waals surface area contributed by atoms with Crippen molar-refractivity contribution in [3.05, 3.63) is 436 Å². The van der Waals surface area contributed by atoms with Crippen LogP contribution in [0.15, 0.2) is 425 Å². The molecule has 0 radical (unpaired) electrons. The largest absolute Gasteiger partial charge is 0.309 e. The summed E-state index contributed by atoms with van der Waals surface area (Å²) < 4.78 is 4.84. The first kappa shape index (κ1) is 67.7. The summed E-state index contributed by atoms with van der Waals surface area (Å²) in [6.07, 6.45) is 0. The van der Waals surface area contributed by atoms with Gasteiger partial charge in [0.1, 0.15) is 0 Å².